The van der Waals surface area contributed by atoms with E-state index in [1.165, 1.54) is 17.5 Å². The second-order valence-corrected chi connectivity index (χ2v) is 12.5. The molecule has 4 rings (SSSR count). The maximum Gasteiger partial charge on any atom is 0.242 e. The summed E-state index contributed by atoms with van der Waals surface area (Å²) in [6.07, 6.45) is 4.80. The lowest BCUT2D eigenvalue weighted by Gasteiger charge is -2.41. The normalized spacial score (nSPS) is 21.0. The summed E-state index contributed by atoms with van der Waals surface area (Å²) in [5, 5.41) is 10.6. The highest BCUT2D eigenvalue weighted by Crippen LogP contribution is 2.52. The second-order valence-electron chi connectivity index (χ2n) is 9.13. The number of pyridine rings is 1. The molecule has 2 aromatic rings. The number of nitrogens with zero attached hydrogens (tertiary/aromatic N) is 3. The molecule has 2 aliphatic rings. The van der Waals surface area contributed by atoms with Crippen LogP contribution in [0, 0.1) is 11.3 Å². The van der Waals surface area contributed by atoms with Crippen LogP contribution in [0.25, 0.3) is 0 Å². The fourth-order valence-electron chi connectivity index (χ4n) is 4.48. The van der Waals surface area contributed by atoms with E-state index < -0.39 is 10.0 Å². The fraction of sp³-hybridized carbons (Fsp3) is 0.500. The third kappa shape index (κ3) is 4.39. The average molecular weight is 471 g/mol. The van der Waals surface area contributed by atoms with E-state index in [-0.39, 0.29) is 22.9 Å². The van der Waals surface area contributed by atoms with E-state index in [0.29, 0.717) is 11.3 Å². The number of sulfonamides is 1. The van der Waals surface area contributed by atoms with Gasteiger partial charge < -0.3 is 4.90 Å². The van der Waals surface area contributed by atoms with Crippen molar-refractivity contribution in [2.24, 2.45) is 0 Å². The molecule has 1 aromatic heterocycles. The predicted octanol–water partition coefficient (Wildman–Crippen LogP) is 4.99. The first-order valence-electron chi connectivity index (χ1n) is 11.2. The Labute approximate surface area is 195 Å². The Bertz CT molecular complexity index is 1120. The number of benzene rings is 1. The molecular formula is C24H30N4O2S2. The van der Waals surface area contributed by atoms with E-state index in [2.05, 4.69) is 52.7 Å². The molecule has 170 valence electrons. The van der Waals surface area contributed by atoms with Crippen molar-refractivity contribution in [3.05, 3.63) is 47.8 Å². The minimum absolute atomic E-state index is 0.143. The molecule has 1 fully saturated rings. The van der Waals surface area contributed by atoms with Gasteiger partial charge in [0.15, 0.2) is 0 Å². The molecular weight excluding hydrogens is 440 g/mol. The minimum atomic E-state index is -3.61. The van der Waals surface area contributed by atoms with E-state index in [4.69, 9.17) is 0 Å². The Morgan fingerprint density at radius 3 is 2.47 bits per heavy atom. The van der Waals surface area contributed by atoms with Crippen molar-refractivity contribution in [1.82, 2.24) is 9.71 Å². The Hall–Kier alpha value is -2.08. The van der Waals surface area contributed by atoms with Crippen molar-refractivity contribution in [3.8, 4) is 6.07 Å². The summed E-state index contributed by atoms with van der Waals surface area (Å²) >= 11 is 1.82. The number of fused-ring (bicyclic) bond motifs is 1. The van der Waals surface area contributed by atoms with E-state index in [9.17, 15) is 13.7 Å². The SMILES string of the molecule is CC(C)NS(=O)(=O)c1ccc(C2C(C#N)c3ccc(SC(C)C)cc3N2C2CCC2)nc1. The van der Waals surface area contributed by atoms with Crippen LogP contribution in [0.15, 0.2) is 46.3 Å². The van der Waals surface area contributed by atoms with Crippen molar-refractivity contribution >= 4 is 27.5 Å². The van der Waals surface area contributed by atoms with Gasteiger partial charge >= 0.3 is 0 Å². The van der Waals surface area contributed by atoms with Crippen LogP contribution in [0.2, 0.25) is 0 Å². The van der Waals surface area contributed by atoms with Crippen LogP contribution in [0.3, 0.4) is 0 Å². The van der Waals surface area contributed by atoms with Crippen molar-refractivity contribution < 1.29 is 8.42 Å². The van der Waals surface area contributed by atoms with Crippen LogP contribution in [0.4, 0.5) is 5.69 Å². The third-order valence-electron chi connectivity index (χ3n) is 5.97. The number of nitriles is 1. The van der Waals surface area contributed by atoms with Gasteiger partial charge in [-0.1, -0.05) is 19.9 Å². The van der Waals surface area contributed by atoms with Crippen LogP contribution < -0.4 is 9.62 Å². The summed E-state index contributed by atoms with van der Waals surface area (Å²) in [7, 11) is -3.61. The molecule has 1 aromatic carbocycles. The highest BCUT2D eigenvalue weighted by atomic mass is 32.2. The zero-order valence-electron chi connectivity index (χ0n) is 18.9. The quantitative estimate of drug-likeness (QED) is 0.574. The lowest BCUT2D eigenvalue weighted by Crippen LogP contribution is -2.41. The van der Waals surface area contributed by atoms with Gasteiger partial charge in [0, 0.05) is 34.1 Å². The van der Waals surface area contributed by atoms with Crippen LogP contribution in [-0.4, -0.2) is 30.7 Å². The first-order valence-corrected chi connectivity index (χ1v) is 13.5. The molecule has 2 heterocycles. The van der Waals surface area contributed by atoms with Gasteiger partial charge in [0.1, 0.15) is 4.90 Å². The summed E-state index contributed by atoms with van der Waals surface area (Å²) in [6, 6.07) is 12.3. The first kappa shape index (κ1) is 23.1. The molecule has 8 heteroatoms. The molecule has 1 N–H and O–H groups in total. The smallest absolute Gasteiger partial charge is 0.242 e. The van der Waals surface area contributed by atoms with Crippen LogP contribution in [0.1, 0.15) is 70.2 Å². The Balaban J connectivity index is 1.73. The van der Waals surface area contributed by atoms with Gasteiger partial charge in [-0.3, -0.25) is 4.98 Å². The molecule has 0 bridgehead atoms. The molecule has 0 amide bonds. The predicted molar refractivity (Wildman–Crippen MR) is 128 cm³/mol. The number of thioether (sulfide) groups is 1. The van der Waals surface area contributed by atoms with E-state index >= 15 is 0 Å². The van der Waals surface area contributed by atoms with Crippen LogP contribution in [0.5, 0.6) is 0 Å². The minimum Gasteiger partial charge on any atom is -0.358 e. The summed E-state index contributed by atoms with van der Waals surface area (Å²) in [5.74, 6) is -0.340. The maximum absolute atomic E-state index is 12.5. The monoisotopic (exact) mass is 470 g/mol. The molecule has 0 saturated heterocycles. The van der Waals surface area contributed by atoms with E-state index in [0.717, 1.165) is 29.8 Å². The Morgan fingerprint density at radius 2 is 1.94 bits per heavy atom. The summed E-state index contributed by atoms with van der Waals surface area (Å²) < 4.78 is 27.6. The van der Waals surface area contributed by atoms with Crippen molar-refractivity contribution in [2.45, 2.75) is 86.0 Å². The Kier molecular flexibility index (Phi) is 6.53. The molecule has 2 atom stereocenters. The summed E-state index contributed by atoms with van der Waals surface area (Å²) in [4.78, 5) is 8.28. The highest BCUT2D eigenvalue weighted by molar-refractivity contribution is 7.99. The van der Waals surface area contributed by atoms with E-state index in [1.54, 1.807) is 26.0 Å². The third-order valence-corrected chi connectivity index (χ3v) is 8.61. The largest absolute Gasteiger partial charge is 0.358 e. The van der Waals surface area contributed by atoms with Crippen LogP contribution >= 0.6 is 11.8 Å². The molecule has 0 radical (unpaired) electrons. The molecule has 1 saturated carbocycles. The van der Waals surface area contributed by atoms with Crippen molar-refractivity contribution in [2.75, 3.05) is 4.90 Å². The van der Waals surface area contributed by atoms with Gasteiger partial charge in [-0.05, 0) is 62.9 Å². The molecule has 1 aliphatic heterocycles. The van der Waals surface area contributed by atoms with E-state index in [1.807, 2.05) is 11.8 Å². The van der Waals surface area contributed by atoms with Gasteiger partial charge in [-0.15, -0.1) is 11.8 Å². The first-order chi connectivity index (χ1) is 15.2. The number of anilines is 1. The molecule has 6 nitrogen and oxygen atoms in total. The maximum atomic E-state index is 12.5. The van der Waals surface area contributed by atoms with Gasteiger partial charge in [-0.25, -0.2) is 13.1 Å². The van der Waals surface area contributed by atoms with Gasteiger partial charge in [-0.2, -0.15) is 5.26 Å². The molecule has 1 aliphatic carbocycles. The summed E-state index contributed by atoms with van der Waals surface area (Å²) in [6.45, 7) is 7.93. The Morgan fingerprint density at radius 1 is 1.19 bits per heavy atom. The summed E-state index contributed by atoms with van der Waals surface area (Å²) in [5.41, 5.74) is 2.90. The zero-order valence-corrected chi connectivity index (χ0v) is 20.6. The molecule has 32 heavy (non-hydrogen) atoms. The molecule has 0 spiro atoms. The van der Waals surface area contributed by atoms with Crippen molar-refractivity contribution in [1.29, 1.82) is 5.26 Å². The number of hydrogen-bond donors (Lipinski definition) is 1. The average Bonchev–Trinajstić information content (AvgIpc) is 2.99. The number of hydrogen-bond acceptors (Lipinski definition) is 6. The van der Waals surface area contributed by atoms with Gasteiger partial charge in [0.2, 0.25) is 10.0 Å². The highest BCUT2D eigenvalue weighted by Gasteiger charge is 2.45. The second kappa shape index (κ2) is 9.05. The zero-order chi connectivity index (χ0) is 23.0. The number of nitrogens with one attached hydrogen (secondary N) is 1. The number of aromatic nitrogens is 1. The van der Waals surface area contributed by atoms with Gasteiger partial charge in [0.05, 0.1) is 23.7 Å². The van der Waals surface area contributed by atoms with Gasteiger partial charge in [0.25, 0.3) is 0 Å². The standard InChI is InChI=1S/C24H30N4O2S2/c1-15(2)27-32(29,30)19-9-11-22(26-14-19)24-21(13-25)20-10-8-18(31-16(3)4)12-23(20)28(24)17-6-5-7-17/h8-12,14-17,21,24,27H,5-7H2,1-4H3. The topological polar surface area (TPSA) is 86.1 Å². The molecule has 2 unspecified atom stereocenters. The lowest BCUT2D eigenvalue weighted by molar-refractivity contribution is 0.360. The lowest BCUT2D eigenvalue weighted by atomic mass is 9.88. The number of rotatable bonds is 7. The fourth-order valence-corrected chi connectivity index (χ4v) is 6.55. The van der Waals surface area contributed by atoms with Crippen LogP contribution in [-0.2, 0) is 10.0 Å². The van der Waals surface area contributed by atoms with Crippen molar-refractivity contribution in [3.63, 3.8) is 0 Å².